The third kappa shape index (κ3) is 2.67. The van der Waals surface area contributed by atoms with Crippen LogP contribution >= 0.6 is 0 Å². The lowest BCUT2D eigenvalue weighted by molar-refractivity contribution is 0.110. The van der Waals surface area contributed by atoms with E-state index >= 15 is 0 Å². The Morgan fingerprint density at radius 2 is 2.27 bits per heavy atom. The minimum absolute atomic E-state index is 0.192. The fourth-order valence-corrected chi connectivity index (χ4v) is 1.85. The first-order chi connectivity index (χ1) is 7.10. The van der Waals surface area contributed by atoms with Crippen molar-refractivity contribution in [2.45, 2.75) is 19.8 Å². The van der Waals surface area contributed by atoms with Gasteiger partial charge in [0.05, 0.1) is 7.11 Å². The van der Waals surface area contributed by atoms with E-state index in [1.54, 1.807) is 0 Å². The lowest BCUT2D eigenvalue weighted by Crippen LogP contribution is -2.40. The first-order valence-corrected chi connectivity index (χ1v) is 4.97. The number of carbonyl (C=O) groups excluding carboxylic acids is 1. The molecule has 0 spiro atoms. The topological polar surface area (TPSA) is 29.5 Å². The van der Waals surface area contributed by atoms with Crippen LogP contribution in [0.1, 0.15) is 19.8 Å². The molecule has 0 aromatic rings. The Morgan fingerprint density at radius 1 is 1.60 bits per heavy atom. The predicted molar refractivity (Wildman–Crippen MR) is 51.6 cm³/mol. The summed E-state index contributed by atoms with van der Waals surface area (Å²) in [5, 5.41) is 0. The molecular weight excluding hydrogens is 204 g/mol. The zero-order valence-electron chi connectivity index (χ0n) is 8.93. The quantitative estimate of drug-likeness (QED) is 0.678. The number of halogens is 2. The van der Waals surface area contributed by atoms with Crippen molar-refractivity contribution in [2.75, 3.05) is 20.2 Å². The largest absolute Gasteiger partial charge is 0.453 e. The number of rotatable bonds is 1. The van der Waals surface area contributed by atoms with Crippen molar-refractivity contribution in [1.82, 2.24) is 4.90 Å². The molecule has 0 saturated carbocycles. The van der Waals surface area contributed by atoms with Gasteiger partial charge in [-0.05, 0) is 12.8 Å². The van der Waals surface area contributed by atoms with Crippen LogP contribution in [0.3, 0.4) is 0 Å². The molecule has 3 nitrogen and oxygen atoms in total. The molecule has 1 unspecified atom stereocenters. The van der Waals surface area contributed by atoms with Crippen molar-refractivity contribution >= 4 is 6.09 Å². The van der Waals surface area contributed by atoms with Crippen LogP contribution in [-0.2, 0) is 4.74 Å². The van der Waals surface area contributed by atoms with E-state index in [9.17, 15) is 13.6 Å². The number of carbonyl (C=O) groups is 1. The van der Waals surface area contributed by atoms with Gasteiger partial charge in [0.25, 0.3) is 6.08 Å². The molecule has 0 bridgehead atoms. The fourth-order valence-electron chi connectivity index (χ4n) is 1.85. The van der Waals surface area contributed by atoms with Gasteiger partial charge in [-0.3, -0.25) is 0 Å². The molecule has 0 aromatic carbocycles. The number of methoxy groups -OCH3 is 1. The minimum Gasteiger partial charge on any atom is -0.453 e. The average molecular weight is 219 g/mol. The molecule has 0 aliphatic carbocycles. The lowest BCUT2D eigenvalue weighted by atomic mass is 9.90. The molecule has 5 heteroatoms. The van der Waals surface area contributed by atoms with Crippen molar-refractivity contribution in [1.29, 1.82) is 0 Å². The monoisotopic (exact) mass is 219 g/mol. The molecule has 1 atom stereocenters. The second-order valence-electron chi connectivity index (χ2n) is 3.56. The molecule has 0 N–H and O–H groups in total. The van der Waals surface area contributed by atoms with E-state index in [1.807, 2.05) is 6.92 Å². The first-order valence-electron chi connectivity index (χ1n) is 4.97. The Labute approximate surface area is 87.7 Å². The molecule has 1 aliphatic heterocycles. The van der Waals surface area contributed by atoms with E-state index in [2.05, 4.69) is 4.74 Å². The van der Waals surface area contributed by atoms with E-state index < -0.39 is 12.2 Å². The van der Waals surface area contributed by atoms with Gasteiger partial charge in [-0.1, -0.05) is 6.92 Å². The zero-order valence-corrected chi connectivity index (χ0v) is 8.93. The Balaban J connectivity index is 2.71. The van der Waals surface area contributed by atoms with Crippen molar-refractivity contribution < 1.29 is 18.3 Å². The summed E-state index contributed by atoms with van der Waals surface area (Å²) in [5.74, 6) is -0.233. The van der Waals surface area contributed by atoms with Crippen LogP contribution in [-0.4, -0.2) is 31.2 Å². The van der Waals surface area contributed by atoms with Gasteiger partial charge >= 0.3 is 6.09 Å². The maximum atomic E-state index is 12.5. The van der Waals surface area contributed by atoms with Crippen LogP contribution in [0.5, 0.6) is 0 Å². The van der Waals surface area contributed by atoms with Crippen molar-refractivity contribution in [3.05, 3.63) is 11.7 Å². The summed E-state index contributed by atoms with van der Waals surface area (Å²) in [4.78, 5) is 12.7. The highest BCUT2D eigenvalue weighted by Gasteiger charge is 2.29. The number of ether oxygens (including phenoxy) is 1. The number of hydrogen-bond donors (Lipinski definition) is 0. The Hall–Kier alpha value is -1.13. The molecule has 1 fully saturated rings. The van der Waals surface area contributed by atoms with Gasteiger partial charge in [0.2, 0.25) is 0 Å². The zero-order chi connectivity index (χ0) is 11.4. The van der Waals surface area contributed by atoms with Gasteiger partial charge in [-0.2, -0.15) is 8.78 Å². The minimum atomic E-state index is -1.59. The SMILES string of the molecule is CCC1CN(C(=O)OC)CCC1=C(F)F. The van der Waals surface area contributed by atoms with E-state index in [0.717, 1.165) is 0 Å². The van der Waals surface area contributed by atoms with Crippen LogP contribution in [0, 0.1) is 5.92 Å². The number of amides is 1. The van der Waals surface area contributed by atoms with Gasteiger partial charge in [0, 0.05) is 24.6 Å². The van der Waals surface area contributed by atoms with E-state index in [-0.39, 0.29) is 17.9 Å². The van der Waals surface area contributed by atoms with Crippen LogP contribution in [0.4, 0.5) is 13.6 Å². The highest BCUT2D eigenvalue weighted by atomic mass is 19.3. The van der Waals surface area contributed by atoms with Crippen LogP contribution < -0.4 is 0 Å². The highest BCUT2D eigenvalue weighted by molar-refractivity contribution is 5.67. The van der Waals surface area contributed by atoms with Crippen molar-refractivity contribution in [2.24, 2.45) is 5.92 Å². The fraction of sp³-hybridized carbons (Fsp3) is 0.700. The predicted octanol–water partition coefficient (Wildman–Crippen LogP) is 2.64. The maximum absolute atomic E-state index is 12.5. The number of hydrogen-bond acceptors (Lipinski definition) is 2. The van der Waals surface area contributed by atoms with Gasteiger partial charge in [0.1, 0.15) is 0 Å². The molecule has 1 heterocycles. The molecule has 86 valence electrons. The van der Waals surface area contributed by atoms with Crippen LogP contribution in [0.2, 0.25) is 0 Å². The third-order valence-electron chi connectivity index (χ3n) is 2.75. The smallest absolute Gasteiger partial charge is 0.409 e. The Bertz CT molecular complexity index is 275. The summed E-state index contributed by atoms with van der Waals surface area (Å²) >= 11 is 0. The first kappa shape index (κ1) is 11.9. The molecular formula is C10H15F2NO2. The lowest BCUT2D eigenvalue weighted by Gasteiger charge is -2.32. The van der Waals surface area contributed by atoms with E-state index in [4.69, 9.17) is 0 Å². The van der Waals surface area contributed by atoms with Gasteiger partial charge in [-0.15, -0.1) is 0 Å². The van der Waals surface area contributed by atoms with E-state index in [0.29, 0.717) is 19.5 Å². The van der Waals surface area contributed by atoms with Gasteiger partial charge < -0.3 is 9.64 Å². The summed E-state index contributed by atoms with van der Waals surface area (Å²) in [6, 6.07) is 0. The Morgan fingerprint density at radius 3 is 2.73 bits per heavy atom. The normalized spacial score (nSPS) is 21.5. The van der Waals surface area contributed by atoms with Gasteiger partial charge in [-0.25, -0.2) is 4.79 Å². The van der Waals surface area contributed by atoms with Crippen molar-refractivity contribution in [3.63, 3.8) is 0 Å². The molecule has 15 heavy (non-hydrogen) atoms. The maximum Gasteiger partial charge on any atom is 0.409 e. The summed E-state index contributed by atoms with van der Waals surface area (Å²) in [7, 11) is 1.30. The number of piperidine rings is 1. The number of nitrogens with zero attached hydrogens (tertiary/aromatic N) is 1. The average Bonchev–Trinajstić information content (AvgIpc) is 2.26. The molecule has 0 aromatic heterocycles. The highest BCUT2D eigenvalue weighted by Crippen LogP contribution is 2.29. The van der Waals surface area contributed by atoms with E-state index in [1.165, 1.54) is 12.0 Å². The second kappa shape index (κ2) is 5.09. The van der Waals surface area contributed by atoms with Crippen molar-refractivity contribution in [3.8, 4) is 0 Å². The standard InChI is InChI=1S/C10H15F2NO2/c1-3-7-6-13(10(14)15-2)5-4-8(7)9(11)12/h7H,3-6H2,1-2H3. The third-order valence-corrected chi connectivity index (χ3v) is 2.75. The second-order valence-corrected chi connectivity index (χ2v) is 3.56. The van der Waals surface area contributed by atoms with Gasteiger partial charge in [0.15, 0.2) is 0 Å². The van der Waals surface area contributed by atoms with Crippen LogP contribution in [0.15, 0.2) is 11.7 Å². The summed E-state index contributed by atoms with van der Waals surface area (Å²) in [6.07, 6.45) is -1.17. The molecule has 1 aliphatic rings. The Kier molecular flexibility index (Phi) is 4.05. The van der Waals surface area contributed by atoms with Crippen LogP contribution in [0.25, 0.3) is 0 Å². The summed E-state index contributed by atoms with van der Waals surface area (Å²) in [5.41, 5.74) is 0.192. The molecule has 1 amide bonds. The molecule has 1 rings (SSSR count). The number of likely N-dealkylation sites (tertiary alicyclic amines) is 1. The summed E-state index contributed by atoms with van der Waals surface area (Å²) < 4.78 is 29.6. The molecule has 1 saturated heterocycles. The molecule has 0 radical (unpaired) electrons. The summed E-state index contributed by atoms with van der Waals surface area (Å²) in [6.45, 7) is 2.49.